The van der Waals surface area contributed by atoms with Gasteiger partial charge >= 0.3 is 0 Å². The van der Waals surface area contributed by atoms with Crippen molar-refractivity contribution in [3.05, 3.63) is 313 Å². The summed E-state index contributed by atoms with van der Waals surface area (Å²) in [6.45, 7) is 18.5. The fraction of sp³-hybridized carbons (Fsp3) is 0.170. The van der Waals surface area contributed by atoms with E-state index in [4.69, 9.17) is 0 Å². The van der Waals surface area contributed by atoms with Crippen molar-refractivity contribution in [2.75, 3.05) is 9.80 Å². The van der Waals surface area contributed by atoms with Crippen LogP contribution < -0.4 is 26.2 Å². The van der Waals surface area contributed by atoms with Gasteiger partial charge in [-0.2, -0.15) is 0 Å². The van der Waals surface area contributed by atoms with E-state index in [1.165, 1.54) is 145 Å². The van der Waals surface area contributed by atoms with Crippen molar-refractivity contribution in [1.29, 1.82) is 0 Å². The van der Waals surface area contributed by atoms with E-state index < -0.39 is 0 Å². The number of anilines is 6. The van der Waals surface area contributed by atoms with Gasteiger partial charge in [-0.3, -0.25) is 0 Å². The van der Waals surface area contributed by atoms with Crippen molar-refractivity contribution in [3.8, 4) is 72.4 Å². The van der Waals surface area contributed by atoms with Crippen LogP contribution in [-0.4, -0.2) is 11.3 Å². The Labute approximate surface area is 580 Å². The highest BCUT2D eigenvalue weighted by Crippen LogP contribution is 2.55. The molecule has 16 rings (SSSR count). The molecule has 478 valence electrons. The Morgan fingerprint density at radius 2 is 0.694 bits per heavy atom. The fourth-order valence-electron chi connectivity index (χ4n) is 15.7. The summed E-state index contributed by atoms with van der Waals surface area (Å²) in [6, 6.07) is 112. The van der Waals surface area contributed by atoms with Crippen molar-refractivity contribution < 1.29 is 0 Å². The molecule has 0 amide bonds. The van der Waals surface area contributed by atoms with Crippen LogP contribution in [0.25, 0.3) is 94.3 Å². The van der Waals surface area contributed by atoms with Crippen LogP contribution in [0.3, 0.4) is 0 Å². The number of hydrogen-bond acceptors (Lipinski definition) is 2. The smallest absolute Gasteiger partial charge is 0.252 e. The minimum Gasteiger partial charge on any atom is -0.310 e. The van der Waals surface area contributed by atoms with Gasteiger partial charge in [-0.05, 0) is 199 Å². The minimum absolute atomic E-state index is 0.0398. The number of aromatic nitrogens is 1. The summed E-state index contributed by atoms with van der Waals surface area (Å²) in [5.41, 5.74) is 33.9. The van der Waals surface area contributed by atoms with Crippen molar-refractivity contribution in [3.63, 3.8) is 0 Å². The molecule has 14 aromatic rings. The van der Waals surface area contributed by atoms with Crippen LogP contribution in [0.15, 0.2) is 291 Å². The van der Waals surface area contributed by atoms with Gasteiger partial charge in [0.2, 0.25) is 0 Å². The summed E-state index contributed by atoms with van der Waals surface area (Å²) in [5, 5.41) is 2.56. The third kappa shape index (κ3) is 11.1. The molecule has 0 spiro atoms. The van der Waals surface area contributed by atoms with Gasteiger partial charge in [0.25, 0.3) is 6.71 Å². The van der Waals surface area contributed by atoms with Gasteiger partial charge < -0.3 is 14.4 Å². The van der Waals surface area contributed by atoms with Crippen LogP contribution in [0.4, 0.5) is 34.1 Å². The SMILES string of the molecule is CCCCc1ccc2c(c1)B1c3ccc(-n4c5ccc(C(C)(C)C)cc5c5cc(C(C)(C)C)ccc54)cc3N(c3c(-c4ccccc4)cc(-c4ccccc4)cc3-c3ccccc3)c3cc(CCCC)cc(c31)N2c1c(-c2ccccc2)cc(-c2ccccc2)cc1-c1ccccc1. The predicted molar refractivity (Wildman–Crippen MR) is 422 cm³/mol. The maximum absolute atomic E-state index is 2.76. The molecule has 2 aliphatic rings. The third-order valence-corrected chi connectivity index (χ3v) is 20.8. The van der Waals surface area contributed by atoms with Crippen LogP contribution in [0.5, 0.6) is 0 Å². The van der Waals surface area contributed by atoms with E-state index in [9.17, 15) is 0 Å². The third-order valence-electron chi connectivity index (χ3n) is 20.8. The number of fused-ring (bicyclic) bond motifs is 7. The monoisotopic (exact) mass is 1270 g/mol. The topological polar surface area (TPSA) is 11.4 Å². The molecule has 3 heterocycles. The highest BCUT2D eigenvalue weighted by Gasteiger charge is 2.46. The number of hydrogen-bond donors (Lipinski definition) is 0. The molecule has 98 heavy (non-hydrogen) atoms. The zero-order valence-corrected chi connectivity index (χ0v) is 57.9. The van der Waals surface area contributed by atoms with Gasteiger partial charge in [-0.25, -0.2) is 0 Å². The van der Waals surface area contributed by atoms with Crippen LogP contribution in [0, 0.1) is 0 Å². The Kier molecular flexibility index (Phi) is 16.1. The Balaban J connectivity index is 1.08. The summed E-state index contributed by atoms with van der Waals surface area (Å²) < 4.78 is 2.57. The Hall–Kier alpha value is -10.7. The zero-order valence-electron chi connectivity index (χ0n) is 57.9. The molecule has 0 atom stereocenters. The van der Waals surface area contributed by atoms with Gasteiger partial charge in [-0.15, -0.1) is 0 Å². The molecule has 13 aromatic carbocycles. The first-order valence-corrected chi connectivity index (χ1v) is 35.6. The zero-order chi connectivity index (χ0) is 66.8. The first-order valence-electron chi connectivity index (χ1n) is 35.6. The lowest BCUT2D eigenvalue weighted by Crippen LogP contribution is -2.61. The normalized spacial score (nSPS) is 12.7. The number of benzene rings is 13. The van der Waals surface area contributed by atoms with Gasteiger partial charge in [0.1, 0.15) is 0 Å². The predicted octanol–water partition coefficient (Wildman–Crippen LogP) is 24.1. The van der Waals surface area contributed by atoms with E-state index in [1.54, 1.807) is 0 Å². The van der Waals surface area contributed by atoms with Gasteiger partial charge in [-0.1, -0.05) is 281 Å². The second-order valence-electron chi connectivity index (χ2n) is 29.3. The molecule has 0 bridgehead atoms. The number of nitrogens with zero attached hydrogens (tertiary/aromatic N) is 3. The van der Waals surface area contributed by atoms with Gasteiger partial charge in [0.05, 0.1) is 22.4 Å². The summed E-state index contributed by atoms with van der Waals surface area (Å²) in [4.78, 5) is 5.48. The summed E-state index contributed by atoms with van der Waals surface area (Å²) in [6.07, 6.45) is 6.26. The average molecular weight is 1270 g/mol. The molecular weight excluding hydrogens is 1180 g/mol. The molecule has 4 heteroatoms. The van der Waals surface area contributed by atoms with E-state index in [1.807, 2.05) is 0 Å². The van der Waals surface area contributed by atoms with E-state index >= 15 is 0 Å². The van der Waals surface area contributed by atoms with E-state index in [0.29, 0.717) is 0 Å². The van der Waals surface area contributed by atoms with Crippen LogP contribution >= 0.6 is 0 Å². The summed E-state index contributed by atoms with van der Waals surface area (Å²) in [7, 11) is 0. The molecule has 0 N–H and O–H groups in total. The second kappa shape index (κ2) is 25.4. The number of rotatable bonds is 15. The number of unbranched alkanes of at least 4 members (excludes halogenated alkanes) is 2. The standard InChI is InChI=1S/C94H84BN3/c1-9-11-31-63-45-50-86-83(53-63)95-82-49-48-75(96-84-51-46-73(93(3,4)5)60-80(84)81-61-74(94(6,7)8)47-52-85(81)96)62-87(82)98(92-78(69-41-27-17-28-42-69)58-72(66-35-21-14-22-36-66)59-79(92)70-43-29-18-30-44-70)89-55-64(32-12-10-2)54-88(90(89)95)97(86)91-76(67-37-23-15-24-38-67)56-71(65-33-19-13-20-34-65)57-77(91)68-39-25-16-26-40-68/h13-30,33-62H,9-12,31-32H2,1-8H3. The largest absolute Gasteiger partial charge is 0.310 e. The van der Waals surface area contributed by atoms with Gasteiger partial charge in [0.15, 0.2) is 0 Å². The van der Waals surface area contributed by atoms with E-state index in [2.05, 4.69) is 361 Å². The van der Waals surface area contributed by atoms with Crippen LogP contribution in [-0.2, 0) is 23.7 Å². The lowest BCUT2D eigenvalue weighted by molar-refractivity contribution is 0.590. The molecule has 0 aliphatic carbocycles. The second-order valence-corrected chi connectivity index (χ2v) is 29.3. The van der Waals surface area contributed by atoms with Gasteiger partial charge in [0, 0.05) is 61.5 Å². The lowest BCUT2D eigenvalue weighted by atomic mass is 9.33. The molecule has 1 aromatic heterocycles. The molecule has 0 fully saturated rings. The Bertz CT molecular complexity index is 5100. The van der Waals surface area contributed by atoms with Crippen LogP contribution in [0.1, 0.15) is 103 Å². The maximum atomic E-state index is 2.76. The average Bonchev–Trinajstić information content (AvgIpc) is 0.768. The highest BCUT2D eigenvalue weighted by molar-refractivity contribution is 7.00. The quantitative estimate of drug-likeness (QED) is 0.0948. The van der Waals surface area contributed by atoms with Crippen LogP contribution in [0.2, 0.25) is 0 Å². The summed E-state index contributed by atoms with van der Waals surface area (Å²) in [5.74, 6) is 0. The van der Waals surface area contributed by atoms with Crippen molar-refractivity contribution in [2.45, 2.75) is 105 Å². The van der Waals surface area contributed by atoms with E-state index in [-0.39, 0.29) is 17.5 Å². The lowest BCUT2D eigenvalue weighted by Gasteiger charge is -2.46. The molecular formula is C94H84BN3. The van der Waals surface area contributed by atoms with Crippen molar-refractivity contribution in [2.24, 2.45) is 0 Å². The Morgan fingerprint density at radius 3 is 1.09 bits per heavy atom. The highest BCUT2D eigenvalue weighted by atomic mass is 15.2. The molecule has 3 nitrogen and oxygen atoms in total. The molecule has 0 saturated heterocycles. The number of aryl methyl sites for hydroxylation is 2. The van der Waals surface area contributed by atoms with E-state index in [0.717, 1.165) is 61.0 Å². The molecule has 0 unspecified atom stereocenters. The molecule has 0 saturated carbocycles. The first kappa shape index (κ1) is 62.2. The Morgan fingerprint density at radius 1 is 0.306 bits per heavy atom. The molecule has 0 radical (unpaired) electrons. The molecule has 2 aliphatic heterocycles. The maximum Gasteiger partial charge on any atom is 0.252 e. The van der Waals surface area contributed by atoms with Crippen molar-refractivity contribution in [1.82, 2.24) is 4.57 Å². The minimum atomic E-state index is -0.150. The fourth-order valence-corrected chi connectivity index (χ4v) is 15.7. The first-order chi connectivity index (χ1) is 47.8. The van der Waals surface area contributed by atoms with Crippen molar-refractivity contribution >= 4 is 79.0 Å². The summed E-state index contributed by atoms with van der Waals surface area (Å²) >= 11 is 0.